The summed E-state index contributed by atoms with van der Waals surface area (Å²) >= 11 is 0. The summed E-state index contributed by atoms with van der Waals surface area (Å²) in [6.45, 7) is 3.88. The first-order valence-corrected chi connectivity index (χ1v) is 13.4. The number of piperidine rings is 1. The van der Waals surface area contributed by atoms with Crippen molar-refractivity contribution in [2.24, 2.45) is 5.92 Å². The maximum atomic E-state index is 11.6. The molecule has 0 atom stereocenters. The fraction of sp³-hybridized carbons (Fsp3) is 0.522. The summed E-state index contributed by atoms with van der Waals surface area (Å²) in [6, 6.07) is 10.00. The molecule has 2 saturated heterocycles. The molecular formula is C23H32N6O4S. The molecule has 4 rings (SSSR count). The minimum atomic E-state index is -2.86. The van der Waals surface area contributed by atoms with E-state index in [2.05, 4.69) is 25.1 Å². The molecule has 3 heterocycles. The van der Waals surface area contributed by atoms with Crippen molar-refractivity contribution in [2.75, 3.05) is 61.5 Å². The third-order valence-electron chi connectivity index (χ3n) is 6.53. The van der Waals surface area contributed by atoms with Crippen LogP contribution in [0, 0.1) is 5.92 Å². The molecule has 0 bridgehead atoms. The number of hydrogen-bond acceptors (Lipinski definition) is 8. The van der Waals surface area contributed by atoms with E-state index in [0.717, 1.165) is 43.0 Å². The van der Waals surface area contributed by atoms with Gasteiger partial charge in [0.25, 0.3) is 0 Å². The number of amides is 1. The highest BCUT2D eigenvalue weighted by Crippen LogP contribution is 2.23. The van der Waals surface area contributed by atoms with E-state index in [4.69, 9.17) is 5.11 Å². The molecule has 184 valence electrons. The van der Waals surface area contributed by atoms with Crippen LogP contribution in [0.5, 0.6) is 0 Å². The molecule has 0 unspecified atom stereocenters. The zero-order valence-electron chi connectivity index (χ0n) is 19.4. The molecule has 1 aromatic heterocycles. The number of carbonyl (C=O) groups is 1. The van der Waals surface area contributed by atoms with E-state index in [-0.39, 0.29) is 11.5 Å². The van der Waals surface area contributed by atoms with E-state index in [9.17, 15) is 13.2 Å². The normalized spacial score (nSPS) is 19.0. The summed E-state index contributed by atoms with van der Waals surface area (Å²) in [5.41, 5.74) is 2.06. The average Bonchev–Trinajstić information content (AvgIpc) is 2.82. The number of aromatic nitrogens is 2. The molecule has 11 heteroatoms. The second-order valence-corrected chi connectivity index (χ2v) is 11.4. The lowest BCUT2D eigenvalue weighted by Gasteiger charge is -2.32. The van der Waals surface area contributed by atoms with Crippen LogP contribution in [0.25, 0.3) is 0 Å². The van der Waals surface area contributed by atoms with E-state index >= 15 is 0 Å². The van der Waals surface area contributed by atoms with Crippen LogP contribution in [0.2, 0.25) is 0 Å². The van der Waals surface area contributed by atoms with Gasteiger partial charge in [-0.05, 0) is 36.5 Å². The lowest BCUT2D eigenvalue weighted by atomic mass is 9.96. The van der Waals surface area contributed by atoms with Gasteiger partial charge in [-0.15, -0.1) is 0 Å². The minimum absolute atomic E-state index is 0.235. The topological polar surface area (TPSA) is 119 Å². The standard InChI is InChI=1S/C23H32N6O4S/c1-27(15-19-6-8-29(9-7-19)23(30)31)22-14-21(24-17-25-22)26-20-4-2-18(3-5-20)16-28-10-12-34(32,33)13-11-28/h2-5,14,17,19H,6-13,15-16H2,1H3,(H,30,31)(H,24,25,26). The molecule has 10 nitrogen and oxygen atoms in total. The molecule has 2 aromatic rings. The lowest BCUT2D eigenvalue weighted by molar-refractivity contribution is 0.125. The number of rotatable bonds is 7. The van der Waals surface area contributed by atoms with Crippen LogP contribution < -0.4 is 10.2 Å². The van der Waals surface area contributed by atoms with Gasteiger partial charge in [0.05, 0.1) is 11.5 Å². The van der Waals surface area contributed by atoms with Crippen molar-refractivity contribution in [3.8, 4) is 0 Å². The number of benzene rings is 1. The second-order valence-electron chi connectivity index (χ2n) is 9.10. The van der Waals surface area contributed by atoms with E-state index < -0.39 is 15.9 Å². The Morgan fingerprint density at radius 3 is 2.44 bits per heavy atom. The summed E-state index contributed by atoms with van der Waals surface area (Å²) in [6.07, 6.45) is 2.41. The first kappa shape index (κ1) is 24.2. The van der Waals surface area contributed by atoms with Gasteiger partial charge in [0.15, 0.2) is 9.84 Å². The summed E-state index contributed by atoms with van der Waals surface area (Å²) in [4.78, 5) is 25.6. The molecule has 0 saturated carbocycles. The van der Waals surface area contributed by atoms with Crippen LogP contribution >= 0.6 is 0 Å². The Morgan fingerprint density at radius 2 is 1.79 bits per heavy atom. The molecule has 2 N–H and O–H groups in total. The van der Waals surface area contributed by atoms with Gasteiger partial charge in [0.2, 0.25) is 0 Å². The van der Waals surface area contributed by atoms with Crippen molar-refractivity contribution in [1.29, 1.82) is 0 Å². The SMILES string of the molecule is CN(CC1CCN(C(=O)O)CC1)c1cc(Nc2ccc(CN3CCS(=O)(=O)CC3)cc2)ncn1. The van der Waals surface area contributed by atoms with Gasteiger partial charge in [0.1, 0.15) is 18.0 Å². The Balaban J connectivity index is 1.29. The second kappa shape index (κ2) is 10.6. The number of anilines is 3. The highest BCUT2D eigenvalue weighted by molar-refractivity contribution is 7.91. The van der Waals surface area contributed by atoms with Gasteiger partial charge in [-0.3, -0.25) is 4.90 Å². The van der Waals surface area contributed by atoms with Crippen LogP contribution in [0.1, 0.15) is 18.4 Å². The molecule has 34 heavy (non-hydrogen) atoms. The van der Waals surface area contributed by atoms with Gasteiger partial charge in [-0.2, -0.15) is 0 Å². The molecule has 2 aliphatic heterocycles. The average molecular weight is 489 g/mol. The Labute approximate surface area is 200 Å². The van der Waals surface area contributed by atoms with Crippen LogP contribution in [-0.2, 0) is 16.4 Å². The Bertz CT molecular complexity index is 1070. The molecule has 2 aliphatic rings. The van der Waals surface area contributed by atoms with Crippen LogP contribution in [0.3, 0.4) is 0 Å². The molecule has 0 radical (unpaired) electrons. The molecular weight excluding hydrogens is 456 g/mol. The highest BCUT2D eigenvalue weighted by Gasteiger charge is 2.24. The maximum absolute atomic E-state index is 11.6. The molecule has 0 aliphatic carbocycles. The third-order valence-corrected chi connectivity index (χ3v) is 8.14. The van der Waals surface area contributed by atoms with Crippen molar-refractivity contribution in [2.45, 2.75) is 19.4 Å². The van der Waals surface area contributed by atoms with Crippen molar-refractivity contribution in [1.82, 2.24) is 19.8 Å². The van der Waals surface area contributed by atoms with Crippen LogP contribution in [-0.4, -0.2) is 90.7 Å². The largest absolute Gasteiger partial charge is 0.465 e. The van der Waals surface area contributed by atoms with Crippen molar-refractivity contribution in [3.05, 3.63) is 42.2 Å². The van der Waals surface area contributed by atoms with E-state index in [1.165, 1.54) is 4.90 Å². The van der Waals surface area contributed by atoms with Gasteiger partial charge in [-0.25, -0.2) is 23.2 Å². The minimum Gasteiger partial charge on any atom is -0.465 e. The van der Waals surface area contributed by atoms with Gasteiger partial charge in [0, 0.05) is 58.1 Å². The summed E-state index contributed by atoms with van der Waals surface area (Å²) in [5, 5.41) is 12.4. The van der Waals surface area contributed by atoms with Crippen LogP contribution in [0.15, 0.2) is 36.7 Å². The van der Waals surface area contributed by atoms with Crippen molar-refractivity contribution in [3.63, 3.8) is 0 Å². The predicted octanol–water partition coefficient (Wildman–Crippen LogP) is 2.28. The van der Waals surface area contributed by atoms with Crippen molar-refractivity contribution < 1.29 is 18.3 Å². The molecule has 1 aromatic carbocycles. The monoisotopic (exact) mass is 488 g/mol. The molecule has 2 fully saturated rings. The molecule has 0 spiro atoms. The van der Waals surface area contributed by atoms with E-state index in [0.29, 0.717) is 37.9 Å². The Morgan fingerprint density at radius 1 is 1.12 bits per heavy atom. The third kappa shape index (κ3) is 6.57. The Hall–Kier alpha value is -2.92. The number of carboxylic acid groups (broad SMARTS) is 1. The first-order chi connectivity index (χ1) is 16.3. The maximum Gasteiger partial charge on any atom is 0.407 e. The van der Waals surface area contributed by atoms with Crippen LogP contribution in [0.4, 0.5) is 22.1 Å². The smallest absolute Gasteiger partial charge is 0.407 e. The number of nitrogens with one attached hydrogen (secondary N) is 1. The zero-order chi connectivity index (χ0) is 24.1. The van der Waals surface area contributed by atoms with Gasteiger partial charge >= 0.3 is 6.09 Å². The van der Waals surface area contributed by atoms with E-state index in [1.54, 1.807) is 6.33 Å². The zero-order valence-corrected chi connectivity index (χ0v) is 20.2. The predicted molar refractivity (Wildman–Crippen MR) is 131 cm³/mol. The number of sulfone groups is 1. The van der Waals surface area contributed by atoms with Crippen molar-refractivity contribution >= 4 is 33.3 Å². The highest BCUT2D eigenvalue weighted by atomic mass is 32.2. The number of likely N-dealkylation sites (tertiary alicyclic amines) is 1. The van der Waals surface area contributed by atoms with E-state index in [1.807, 2.05) is 37.4 Å². The summed E-state index contributed by atoms with van der Waals surface area (Å²) in [7, 11) is -0.867. The fourth-order valence-corrected chi connectivity index (χ4v) is 5.70. The van der Waals surface area contributed by atoms with Gasteiger partial charge in [-0.1, -0.05) is 12.1 Å². The number of nitrogens with zero attached hydrogens (tertiary/aromatic N) is 5. The molecule has 1 amide bonds. The Kier molecular flexibility index (Phi) is 7.52. The quantitative estimate of drug-likeness (QED) is 0.605. The first-order valence-electron chi connectivity index (χ1n) is 11.6. The lowest BCUT2D eigenvalue weighted by Crippen LogP contribution is -2.40. The fourth-order valence-electron chi connectivity index (χ4n) is 4.42. The van der Waals surface area contributed by atoms with Gasteiger partial charge < -0.3 is 20.2 Å². The summed E-state index contributed by atoms with van der Waals surface area (Å²) in [5.74, 6) is 2.41. The summed E-state index contributed by atoms with van der Waals surface area (Å²) < 4.78 is 23.2. The number of hydrogen-bond donors (Lipinski definition) is 2.